The van der Waals surface area contributed by atoms with Gasteiger partial charge in [0, 0.05) is 32.6 Å². The van der Waals surface area contributed by atoms with Crippen molar-refractivity contribution in [3.63, 3.8) is 0 Å². The Labute approximate surface area is 202 Å². The van der Waals surface area contributed by atoms with Crippen molar-refractivity contribution in [2.24, 2.45) is 23.7 Å². The van der Waals surface area contributed by atoms with E-state index in [-0.39, 0.29) is 23.7 Å². The third-order valence-corrected chi connectivity index (χ3v) is 8.05. The second-order valence-electron chi connectivity index (χ2n) is 11.1. The van der Waals surface area contributed by atoms with E-state index in [4.69, 9.17) is 18.9 Å². The van der Waals surface area contributed by atoms with Crippen molar-refractivity contribution >= 4 is 17.9 Å². The lowest BCUT2D eigenvalue weighted by Crippen LogP contribution is -2.62. The molecule has 8 nitrogen and oxygen atoms in total. The predicted molar refractivity (Wildman–Crippen MR) is 123 cm³/mol. The van der Waals surface area contributed by atoms with E-state index in [1.807, 2.05) is 6.92 Å². The van der Waals surface area contributed by atoms with Crippen molar-refractivity contribution in [2.45, 2.75) is 110 Å². The van der Waals surface area contributed by atoms with E-state index in [0.29, 0.717) is 31.3 Å². The molecule has 1 saturated carbocycles. The number of fused-ring (bicyclic) bond motifs is 5. The van der Waals surface area contributed by atoms with Gasteiger partial charge in [-0.1, -0.05) is 20.4 Å². The smallest absolute Gasteiger partial charge is 0.303 e. The molecule has 9 atom stereocenters. The van der Waals surface area contributed by atoms with Crippen molar-refractivity contribution in [2.75, 3.05) is 0 Å². The lowest BCUT2D eigenvalue weighted by Gasteiger charge is -2.53. The molecule has 0 radical (unpaired) electrons. The molecule has 2 saturated heterocycles. The summed E-state index contributed by atoms with van der Waals surface area (Å²) < 4.78 is 23.8. The number of aliphatic hydroxyl groups is 1. The molecule has 3 aliphatic rings. The molecule has 3 rings (SSSR count). The molecule has 1 N–H and O–H groups in total. The number of rotatable bonds is 4. The zero-order valence-electron chi connectivity index (χ0n) is 21.5. The summed E-state index contributed by atoms with van der Waals surface area (Å²) in [5.74, 6) is -1.53. The number of carbonyl (C=O) groups is 3. The van der Waals surface area contributed by atoms with Crippen LogP contribution in [0, 0.1) is 23.7 Å². The highest BCUT2D eigenvalue weighted by atomic mass is 16.6. The Kier molecular flexibility index (Phi) is 7.54. The Balaban J connectivity index is 2.13. The van der Waals surface area contributed by atoms with Gasteiger partial charge in [-0.25, -0.2) is 0 Å². The van der Waals surface area contributed by atoms with E-state index < -0.39 is 53.5 Å². The van der Waals surface area contributed by atoms with Gasteiger partial charge < -0.3 is 24.1 Å². The van der Waals surface area contributed by atoms with Crippen molar-refractivity contribution < 1.29 is 38.4 Å². The van der Waals surface area contributed by atoms with E-state index in [0.717, 1.165) is 0 Å². The summed E-state index contributed by atoms with van der Waals surface area (Å²) in [6.45, 7) is 16.0. The highest BCUT2D eigenvalue weighted by Gasteiger charge is 2.67. The molecule has 0 spiro atoms. The van der Waals surface area contributed by atoms with Gasteiger partial charge in [-0.3, -0.25) is 14.4 Å². The van der Waals surface area contributed by atoms with Crippen LogP contribution < -0.4 is 0 Å². The quantitative estimate of drug-likeness (QED) is 0.371. The first-order chi connectivity index (χ1) is 15.7. The lowest BCUT2D eigenvalue weighted by molar-refractivity contribution is -0.215. The van der Waals surface area contributed by atoms with E-state index in [1.165, 1.54) is 20.8 Å². The maximum absolute atomic E-state index is 12.3. The van der Waals surface area contributed by atoms with Gasteiger partial charge in [0.25, 0.3) is 0 Å². The van der Waals surface area contributed by atoms with Crippen molar-refractivity contribution in [1.82, 2.24) is 0 Å². The Morgan fingerprint density at radius 3 is 2.24 bits per heavy atom. The fraction of sp³-hybridized carbons (Fsp3) is 0.808. The van der Waals surface area contributed by atoms with Gasteiger partial charge in [0.2, 0.25) is 0 Å². The molecule has 1 aliphatic carbocycles. The summed E-state index contributed by atoms with van der Waals surface area (Å²) >= 11 is 0. The average Bonchev–Trinajstić information content (AvgIpc) is 3.07. The Morgan fingerprint density at radius 1 is 1.09 bits per heavy atom. The van der Waals surface area contributed by atoms with Gasteiger partial charge in [-0.05, 0) is 56.9 Å². The molecule has 0 aromatic rings. The SMILES string of the molecule is C=C1C[C@@H]2O[C@@H]([C@@H]3[C@H]2[C@@](C)(OC(C)=O)[C@H](OC(C)=O)C[C@H]3C(C)C)[C@@](C)(O)CC[C@H]1OC(C)=O. The first kappa shape index (κ1) is 26.7. The maximum atomic E-state index is 12.3. The molecule has 0 aromatic carbocycles. The van der Waals surface area contributed by atoms with Crippen molar-refractivity contribution in [3.05, 3.63) is 12.2 Å². The molecular weight excluding hydrogens is 440 g/mol. The van der Waals surface area contributed by atoms with E-state index in [1.54, 1.807) is 6.92 Å². The normalized spacial score (nSPS) is 42.1. The molecule has 2 aliphatic heterocycles. The van der Waals surface area contributed by atoms with Crippen molar-refractivity contribution in [3.8, 4) is 0 Å². The number of ether oxygens (including phenoxy) is 4. The predicted octanol–water partition coefficient (Wildman–Crippen LogP) is 3.34. The van der Waals surface area contributed by atoms with Crippen molar-refractivity contribution in [1.29, 1.82) is 0 Å². The third-order valence-electron chi connectivity index (χ3n) is 8.05. The maximum Gasteiger partial charge on any atom is 0.303 e. The summed E-state index contributed by atoms with van der Waals surface area (Å²) in [4.78, 5) is 36.0. The van der Waals surface area contributed by atoms with Crippen LogP contribution in [-0.2, 0) is 33.3 Å². The van der Waals surface area contributed by atoms with Crippen LogP contribution in [0.5, 0.6) is 0 Å². The summed E-state index contributed by atoms with van der Waals surface area (Å²) in [5.41, 5.74) is -1.67. The van der Waals surface area contributed by atoms with Crippen LogP contribution in [0.3, 0.4) is 0 Å². The van der Waals surface area contributed by atoms with Crippen LogP contribution in [0.2, 0.25) is 0 Å². The Hall–Kier alpha value is -1.93. The minimum absolute atomic E-state index is 0.0661. The first-order valence-corrected chi connectivity index (χ1v) is 12.3. The van der Waals surface area contributed by atoms with Gasteiger partial charge in [0.05, 0.1) is 17.8 Å². The second-order valence-corrected chi connectivity index (χ2v) is 11.1. The van der Waals surface area contributed by atoms with E-state index >= 15 is 0 Å². The molecule has 34 heavy (non-hydrogen) atoms. The minimum Gasteiger partial charge on any atom is -0.458 e. The standard InChI is InChI=1S/C26H40O8/c1-13(2)18-12-21(32-16(5)28)26(8,34-17(6)29)23-20-11-14(3)19(31-15(4)27)9-10-25(7,30)24(33-20)22(18)23/h13,18-24,30H,3,9-12H2,1-2,4-8H3/t18-,19+,20-,21+,22-,23-,24-,25-,26-/m0/s1. The topological polar surface area (TPSA) is 108 Å². The number of hydrogen-bond acceptors (Lipinski definition) is 8. The molecule has 2 bridgehead atoms. The summed E-state index contributed by atoms with van der Waals surface area (Å²) in [5, 5.41) is 11.6. The fourth-order valence-electron chi connectivity index (χ4n) is 6.66. The van der Waals surface area contributed by atoms with Crippen LogP contribution in [0.25, 0.3) is 0 Å². The van der Waals surface area contributed by atoms with Crippen LogP contribution in [0.15, 0.2) is 12.2 Å². The van der Waals surface area contributed by atoms with Crippen LogP contribution in [0.1, 0.15) is 74.1 Å². The van der Waals surface area contributed by atoms with Gasteiger partial charge in [-0.2, -0.15) is 0 Å². The van der Waals surface area contributed by atoms with Gasteiger partial charge in [-0.15, -0.1) is 0 Å². The molecule has 8 heteroatoms. The van der Waals surface area contributed by atoms with E-state index in [9.17, 15) is 19.5 Å². The van der Waals surface area contributed by atoms with Crippen LogP contribution in [0.4, 0.5) is 0 Å². The lowest BCUT2D eigenvalue weighted by atomic mass is 9.56. The molecular formula is C26H40O8. The number of hydrogen-bond donors (Lipinski definition) is 1. The molecule has 0 aromatic heterocycles. The zero-order chi connectivity index (χ0) is 25.6. The Morgan fingerprint density at radius 2 is 1.71 bits per heavy atom. The highest BCUT2D eigenvalue weighted by molar-refractivity contribution is 5.68. The van der Waals surface area contributed by atoms with E-state index in [2.05, 4.69) is 20.4 Å². The number of carbonyl (C=O) groups excluding carboxylic acids is 3. The first-order valence-electron chi connectivity index (χ1n) is 12.3. The molecule has 0 amide bonds. The third kappa shape index (κ3) is 5.03. The monoisotopic (exact) mass is 480 g/mol. The summed E-state index contributed by atoms with van der Waals surface area (Å²) in [6.07, 6.45) is -0.508. The Bertz CT molecular complexity index is 833. The van der Waals surface area contributed by atoms with Gasteiger partial charge in [0.15, 0.2) is 5.60 Å². The molecule has 0 unspecified atom stereocenters. The van der Waals surface area contributed by atoms with Gasteiger partial charge in [0.1, 0.15) is 12.2 Å². The molecule has 3 fully saturated rings. The summed E-state index contributed by atoms with van der Waals surface area (Å²) in [6, 6.07) is 0. The number of esters is 3. The average molecular weight is 481 g/mol. The van der Waals surface area contributed by atoms with Gasteiger partial charge >= 0.3 is 17.9 Å². The highest BCUT2D eigenvalue weighted by Crippen LogP contribution is 2.58. The minimum atomic E-state index is -1.21. The molecule has 192 valence electrons. The van der Waals surface area contributed by atoms with Crippen LogP contribution >= 0.6 is 0 Å². The molecule has 2 heterocycles. The fourth-order valence-corrected chi connectivity index (χ4v) is 6.66. The zero-order valence-corrected chi connectivity index (χ0v) is 21.5. The summed E-state index contributed by atoms with van der Waals surface area (Å²) in [7, 11) is 0. The van der Waals surface area contributed by atoms with Crippen LogP contribution in [-0.4, -0.2) is 58.6 Å². The second kappa shape index (κ2) is 9.61. The largest absolute Gasteiger partial charge is 0.458 e.